The summed E-state index contributed by atoms with van der Waals surface area (Å²) in [7, 11) is 0. The number of thiazole rings is 1. The monoisotopic (exact) mass is 506 g/mol. The van der Waals surface area contributed by atoms with Crippen LogP contribution in [0, 0.1) is 6.92 Å². The average Bonchev–Trinajstić information content (AvgIpc) is 3.27. The van der Waals surface area contributed by atoms with Gasteiger partial charge in [-0.3, -0.25) is 4.79 Å². The highest BCUT2D eigenvalue weighted by molar-refractivity contribution is 9.10. The number of benzene rings is 2. The molecule has 2 aromatic carbocycles. The standard InChI is InChI=1S/C21H14BrF3N4OS/c1-10-18-14(11-2-4-12(5-3-11)21(23,24)25)9-17(30)27-19(18)29(28-10)20-26-15-7-6-13(22)8-16(15)31-20/h2-8,14H,9H2,1H3,(H,27,30)/t14-/m0/s1. The van der Waals surface area contributed by atoms with E-state index in [-0.39, 0.29) is 18.2 Å². The van der Waals surface area contributed by atoms with E-state index in [1.807, 2.05) is 25.1 Å². The summed E-state index contributed by atoms with van der Waals surface area (Å²) in [5.74, 6) is -0.0949. The summed E-state index contributed by atoms with van der Waals surface area (Å²) in [6.45, 7) is 1.83. The molecular formula is C21H14BrF3N4OS. The van der Waals surface area contributed by atoms with Gasteiger partial charge in [0.2, 0.25) is 11.0 Å². The Morgan fingerprint density at radius 3 is 2.65 bits per heavy atom. The predicted octanol–water partition coefficient (Wildman–Crippen LogP) is 6.05. The van der Waals surface area contributed by atoms with Crippen molar-refractivity contribution in [2.75, 3.05) is 5.32 Å². The third-order valence-electron chi connectivity index (χ3n) is 5.26. The molecule has 31 heavy (non-hydrogen) atoms. The number of hydrogen-bond acceptors (Lipinski definition) is 4. The molecule has 158 valence electrons. The second-order valence-corrected chi connectivity index (χ2v) is 9.22. The van der Waals surface area contributed by atoms with Gasteiger partial charge in [-0.1, -0.05) is 39.4 Å². The lowest BCUT2D eigenvalue weighted by atomic mass is 9.85. The van der Waals surface area contributed by atoms with Gasteiger partial charge in [0, 0.05) is 22.4 Å². The van der Waals surface area contributed by atoms with Gasteiger partial charge in [0.25, 0.3) is 0 Å². The third kappa shape index (κ3) is 3.53. The topological polar surface area (TPSA) is 59.8 Å². The molecule has 0 spiro atoms. The number of amides is 1. The van der Waals surface area contributed by atoms with Gasteiger partial charge in [0.15, 0.2) is 0 Å². The summed E-state index contributed by atoms with van der Waals surface area (Å²) >= 11 is 4.89. The largest absolute Gasteiger partial charge is 0.416 e. The number of aryl methyl sites for hydroxylation is 1. The smallest absolute Gasteiger partial charge is 0.310 e. The van der Waals surface area contributed by atoms with Gasteiger partial charge in [-0.15, -0.1) is 0 Å². The van der Waals surface area contributed by atoms with E-state index in [0.717, 1.165) is 32.4 Å². The Hall–Kier alpha value is -2.72. The molecule has 0 fully saturated rings. The molecule has 0 bridgehead atoms. The van der Waals surface area contributed by atoms with E-state index in [9.17, 15) is 18.0 Å². The maximum absolute atomic E-state index is 12.9. The number of rotatable bonds is 2. The molecule has 0 saturated heterocycles. The summed E-state index contributed by atoms with van der Waals surface area (Å²) < 4.78 is 42.3. The molecule has 1 N–H and O–H groups in total. The maximum Gasteiger partial charge on any atom is 0.416 e. The first-order valence-electron chi connectivity index (χ1n) is 9.33. The third-order valence-corrected chi connectivity index (χ3v) is 6.75. The van der Waals surface area contributed by atoms with Crippen molar-refractivity contribution in [1.82, 2.24) is 14.8 Å². The fourth-order valence-corrected chi connectivity index (χ4v) is 5.33. The molecule has 0 unspecified atom stereocenters. The lowest BCUT2D eigenvalue weighted by Gasteiger charge is -2.24. The quantitative estimate of drug-likeness (QED) is 0.360. The molecule has 5 rings (SSSR count). The fraction of sp³-hybridized carbons (Fsp3) is 0.190. The zero-order valence-corrected chi connectivity index (χ0v) is 18.4. The van der Waals surface area contributed by atoms with Crippen LogP contribution in [0.3, 0.4) is 0 Å². The molecule has 1 aliphatic rings. The maximum atomic E-state index is 12.9. The zero-order valence-electron chi connectivity index (χ0n) is 16.0. The van der Waals surface area contributed by atoms with Gasteiger partial charge in [-0.05, 0) is 42.8 Å². The van der Waals surface area contributed by atoms with Gasteiger partial charge in [-0.2, -0.15) is 23.0 Å². The average molecular weight is 507 g/mol. The van der Waals surface area contributed by atoms with Crippen molar-refractivity contribution in [1.29, 1.82) is 0 Å². The number of carbonyl (C=O) groups is 1. The highest BCUT2D eigenvalue weighted by Gasteiger charge is 2.34. The molecule has 2 aromatic heterocycles. The van der Waals surface area contributed by atoms with Gasteiger partial charge in [-0.25, -0.2) is 4.98 Å². The normalized spacial score (nSPS) is 16.4. The van der Waals surface area contributed by atoms with Gasteiger partial charge < -0.3 is 5.32 Å². The summed E-state index contributed by atoms with van der Waals surface area (Å²) in [6.07, 6.45) is -4.27. The van der Waals surface area contributed by atoms with Crippen LogP contribution in [-0.2, 0) is 11.0 Å². The Morgan fingerprint density at radius 2 is 1.94 bits per heavy atom. The highest BCUT2D eigenvalue weighted by atomic mass is 79.9. The number of carbonyl (C=O) groups excluding carboxylic acids is 1. The van der Waals surface area contributed by atoms with Crippen LogP contribution in [0.1, 0.15) is 34.7 Å². The van der Waals surface area contributed by atoms with Crippen LogP contribution in [-0.4, -0.2) is 20.7 Å². The van der Waals surface area contributed by atoms with E-state index in [2.05, 4.69) is 31.3 Å². The second-order valence-electron chi connectivity index (χ2n) is 7.29. The van der Waals surface area contributed by atoms with Crippen LogP contribution < -0.4 is 5.32 Å². The van der Waals surface area contributed by atoms with E-state index < -0.39 is 11.7 Å². The number of anilines is 1. The first kappa shape index (κ1) is 20.2. The molecule has 1 atom stereocenters. The second kappa shape index (κ2) is 7.16. The van der Waals surface area contributed by atoms with Crippen LogP contribution in [0.15, 0.2) is 46.9 Å². The summed E-state index contributed by atoms with van der Waals surface area (Å²) in [5.41, 5.74) is 2.22. The Balaban J connectivity index is 1.61. The SMILES string of the molecule is Cc1nn(-c2nc3ccc(Br)cc3s2)c2c1[C@H](c1ccc(C(F)(F)F)cc1)CC(=O)N2. The molecular weight excluding hydrogens is 493 g/mol. The molecule has 10 heteroatoms. The molecule has 0 aliphatic carbocycles. The van der Waals surface area contributed by atoms with Crippen molar-refractivity contribution in [3.05, 3.63) is 69.3 Å². The van der Waals surface area contributed by atoms with Crippen molar-refractivity contribution >= 4 is 49.2 Å². The van der Waals surface area contributed by atoms with Crippen LogP contribution >= 0.6 is 27.3 Å². The van der Waals surface area contributed by atoms with E-state index in [4.69, 9.17) is 0 Å². The number of nitrogens with zero attached hydrogens (tertiary/aromatic N) is 3. The predicted molar refractivity (Wildman–Crippen MR) is 116 cm³/mol. The minimum absolute atomic E-state index is 0.137. The first-order valence-corrected chi connectivity index (χ1v) is 10.9. The van der Waals surface area contributed by atoms with Crippen LogP contribution in [0.5, 0.6) is 0 Å². The first-order chi connectivity index (χ1) is 14.7. The minimum Gasteiger partial charge on any atom is -0.310 e. The molecule has 0 radical (unpaired) electrons. The van der Waals surface area contributed by atoms with Crippen LogP contribution in [0.4, 0.5) is 19.0 Å². The van der Waals surface area contributed by atoms with Gasteiger partial charge in [0.1, 0.15) is 5.82 Å². The number of nitrogens with one attached hydrogen (secondary N) is 1. The van der Waals surface area contributed by atoms with Gasteiger partial charge in [0.05, 0.1) is 21.5 Å². The molecule has 4 aromatic rings. The molecule has 1 aliphatic heterocycles. The molecule has 0 saturated carbocycles. The van der Waals surface area contributed by atoms with Crippen LogP contribution in [0.25, 0.3) is 15.3 Å². The van der Waals surface area contributed by atoms with Crippen molar-refractivity contribution < 1.29 is 18.0 Å². The lowest BCUT2D eigenvalue weighted by molar-refractivity contribution is -0.137. The van der Waals surface area contributed by atoms with Crippen molar-refractivity contribution in [3.8, 4) is 5.13 Å². The molecule has 3 heterocycles. The van der Waals surface area contributed by atoms with Crippen molar-refractivity contribution in [2.45, 2.75) is 25.4 Å². The number of alkyl halides is 3. The van der Waals surface area contributed by atoms with E-state index in [1.165, 1.54) is 23.5 Å². The minimum atomic E-state index is -4.41. The number of aromatic nitrogens is 3. The zero-order chi connectivity index (χ0) is 21.9. The lowest BCUT2D eigenvalue weighted by Crippen LogP contribution is -2.25. The van der Waals surface area contributed by atoms with E-state index in [0.29, 0.717) is 22.2 Å². The number of halogens is 4. The molecule has 5 nitrogen and oxygen atoms in total. The Kier molecular flexibility index (Phi) is 4.67. The van der Waals surface area contributed by atoms with Crippen molar-refractivity contribution in [2.24, 2.45) is 0 Å². The summed E-state index contributed by atoms with van der Waals surface area (Å²) in [5, 5.41) is 8.09. The summed E-state index contributed by atoms with van der Waals surface area (Å²) in [4.78, 5) is 17.1. The highest BCUT2D eigenvalue weighted by Crippen LogP contribution is 2.42. The Labute approximate surface area is 187 Å². The Morgan fingerprint density at radius 1 is 1.19 bits per heavy atom. The van der Waals surface area contributed by atoms with E-state index in [1.54, 1.807) is 4.68 Å². The Bertz CT molecular complexity index is 1330. The number of fused-ring (bicyclic) bond motifs is 2. The summed E-state index contributed by atoms with van der Waals surface area (Å²) in [6, 6.07) is 10.7. The fourth-order valence-electron chi connectivity index (χ4n) is 3.85. The van der Waals surface area contributed by atoms with Crippen molar-refractivity contribution in [3.63, 3.8) is 0 Å². The van der Waals surface area contributed by atoms with Crippen LogP contribution in [0.2, 0.25) is 0 Å². The van der Waals surface area contributed by atoms with E-state index >= 15 is 0 Å². The molecule has 1 amide bonds. The number of hydrogen-bond donors (Lipinski definition) is 1. The van der Waals surface area contributed by atoms with Gasteiger partial charge >= 0.3 is 6.18 Å².